The first-order valence-electron chi connectivity index (χ1n) is 11.4. The molecule has 0 unspecified atom stereocenters. The molecule has 4 aromatic rings. The molecule has 0 spiro atoms. The van der Waals surface area contributed by atoms with Crippen LogP contribution in [0, 0.1) is 0 Å². The van der Waals surface area contributed by atoms with Gasteiger partial charge in [-0.15, -0.1) is 0 Å². The lowest BCUT2D eigenvalue weighted by Crippen LogP contribution is -2.42. The average molecular weight is 521 g/mol. The molecule has 0 aliphatic carbocycles. The van der Waals surface area contributed by atoms with Crippen molar-refractivity contribution in [3.05, 3.63) is 86.6 Å². The van der Waals surface area contributed by atoms with Crippen LogP contribution in [0.5, 0.6) is 0 Å². The zero-order valence-electron chi connectivity index (χ0n) is 20.4. The minimum Gasteiger partial charge on any atom is -0.481 e. The second-order valence-corrected chi connectivity index (χ2v) is 8.55. The Bertz CT molecular complexity index is 1650. The topological polar surface area (TPSA) is 178 Å². The standard InChI is InChI=1S/C25H24N6O7/c1-29-19-20(30(2)25(38)31(22(19)35)13-14-6-4-3-5-7-14)28-24(29)26-16-10-8-15(9-11-16)21(34)27-17(23(36)37)12-18(32)33/h3-11,17H,12-13H2,1-2H3,(H,26,28)(H,27,34)(H,32,33)(H,36,37)/t17-/m0/s1. The summed E-state index contributed by atoms with van der Waals surface area (Å²) < 4.78 is 3.97. The van der Waals surface area contributed by atoms with Crippen LogP contribution in [-0.4, -0.2) is 52.8 Å². The van der Waals surface area contributed by atoms with Gasteiger partial charge in [-0.3, -0.25) is 23.5 Å². The van der Waals surface area contributed by atoms with Gasteiger partial charge in [0.2, 0.25) is 5.95 Å². The normalized spacial score (nSPS) is 11.7. The Labute approximate surface area is 214 Å². The number of anilines is 2. The summed E-state index contributed by atoms with van der Waals surface area (Å²) in [6.07, 6.45) is -0.761. The van der Waals surface area contributed by atoms with Gasteiger partial charge in [0.25, 0.3) is 11.5 Å². The minimum atomic E-state index is -1.57. The van der Waals surface area contributed by atoms with Crippen molar-refractivity contribution < 1.29 is 24.6 Å². The molecule has 4 rings (SSSR count). The van der Waals surface area contributed by atoms with E-state index in [1.165, 1.54) is 40.4 Å². The quantitative estimate of drug-likeness (QED) is 0.249. The Hall–Kier alpha value is -5.20. The summed E-state index contributed by atoms with van der Waals surface area (Å²) in [5, 5.41) is 23.2. The van der Waals surface area contributed by atoms with E-state index in [1.807, 2.05) is 30.3 Å². The Morgan fingerprint density at radius 1 is 0.947 bits per heavy atom. The number of carboxylic acid groups (broad SMARTS) is 2. The lowest BCUT2D eigenvalue weighted by atomic mass is 10.1. The Morgan fingerprint density at radius 3 is 2.21 bits per heavy atom. The molecule has 38 heavy (non-hydrogen) atoms. The first-order valence-corrected chi connectivity index (χ1v) is 11.4. The molecular weight excluding hydrogens is 496 g/mol. The molecule has 13 nitrogen and oxygen atoms in total. The first-order chi connectivity index (χ1) is 18.1. The molecule has 0 bridgehead atoms. The number of amides is 1. The zero-order chi connectivity index (χ0) is 27.6. The van der Waals surface area contributed by atoms with E-state index in [0.29, 0.717) is 5.69 Å². The molecule has 2 aromatic heterocycles. The molecule has 196 valence electrons. The van der Waals surface area contributed by atoms with Gasteiger partial charge in [0.05, 0.1) is 13.0 Å². The maximum Gasteiger partial charge on any atom is 0.332 e. The number of nitrogens with zero attached hydrogens (tertiary/aromatic N) is 4. The first kappa shape index (κ1) is 25.9. The van der Waals surface area contributed by atoms with Gasteiger partial charge in [-0.05, 0) is 29.8 Å². The van der Waals surface area contributed by atoms with Crippen LogP contribution in [0.15, 0.2) is 64.2 Å². The number of aliphatic carboxylic acids is 2. The van der Waals surface area contributed by atoms with Crippen LogP contribution in [0.1, 0.15) is 22.3 Å². The molecule has 0 radical (unpaired) electrons. The number of nitrogens with one attached hydrogen (secondary N) is 2. The molecule has 0 saturated heterocycles. The van der Waals surface area contributed by atoms with Gasteiger partial charge in [-0.2, -0.15) is 4.98 Å². The van der Waals surface area contributed by atoms with Crippen molar-refractivity contribution in [2.75, 3.05) is 5.32 Å². The summed E-state index contributed by atoms with van der Waals surface area (Å²) in [7, 11) is 3.16. The predicted octanol–water partition coefficient (Wildman–Crippen LogP) is 0.883. The summed E-state index contributed by atoms with van der Waals surface area (Å²) in [6.45, 7) is 0.106. The van der Waals surface area contributed by atoms with E-state index in [0.717, 1.165) is 10.1 Å². The number of carbonyl (C=O) groups excluding carboxylic acids is 1. The van der Waals surface area contributed by atoms with Gasteiger partial charge in [0, 0.05) is 25.3 Å². The molecule has 0 aliphatic heterocycles. The van der Waals surface area contributed by atoms with Gasteiger partial charge < -0.3 is 25.4 Å². The number of aromatic nitrogens is 4. The Kier molecular flexibility index (Phi) is 7.10. The fourth-order valence-electron chi connectivity index (χ4n) is 3.91. The van der Waals surface area contributed by atoms with E-state index < -0.39 is 41.6 Å². The molecule has 0 aliphatic rings. The highest BCUT2D eigenvalue weighted by Crippen LogP contribution is 2.19. The van der Waals surface area contributed by atoms with Crippen LogP contribution in [0.25, 0.3) is 11.2 Å². The largest absolute Gasteiger partial charge is 0.481 e. The van der Waals surface area contributed by atoms with Crippen molar-refractivity contribution in [1.82, 2.24) is 24.0 Å². The fourth-order valence-corrected chi connectivity index (χ4v) is 3.91. The van der Waals surface area contributed by atoms with E-state index in [9.17, 15) is 24.0 Å². The van der Waals surface area contributed by atoms with E-state index in [4.69, 9.17) is 10.2 Å². The third-order valence-electron chi connectivity index (χ3n) is 5.93. The molecule has 0 saturated carbocycles. The van der Waals surface area contributed by atoms with E-state index >= 15 is 0 Å². The average Bonchev–Trinajstić information content (AvgIpc) is 3.21. The second-order valence-electron chi connectivity index (χ2n) is 8.55. The van der Waals surface area contributed by atoms with Crippen molar-refractivity contribution >= 4 is 40.6 Å². The molecule has 13 heteroatoms. The van der Waals surface area contributed by atoms with Crippen molar-refractivity contribution in [1.29, 1.82) is 0 Å². The lowest BCUT2D eigenvalue weighted by molar-refractivity contribution is -0.145. The number of aryl methyl sites for hydroxylation is 2. The number of carboxylic acids is 2. The molecule has 2 heterocycles. The van der Waals surface area contributed by atoms with E-state index in [-0.39, 0.29) is 29.2 Å². The number of benzene rings is 2. The summed E-state index contributed by atoms with van der Waals surface area (Å²) in [5.41, 5.74) is 0.833. The molecule has 1 amide bonds. The third-order valence-corrected chi connectivity index (χ3v) is 5.93. The Balaban J connectivity index is 1.59. The molecule has 4 N–H and O–H groups in total. The number of fused-ring (bicyclic) bond motifs is 1. The number of hydrogen-bond acceptors (Lipinski definition) is 7. The summed E-state index contributed by atoms with van der Waals surface area (Å²) in [5.74, 6) is -3.29. The number of hydrogen-bond donors (Lipinski definition) is 4. The molecule has 1 atom stereocenters. The van der Waals surface area contributed by atoms with Crippen molar-refractivity contribution in [2.24, 2.45) is 14.1 Å². The van der Waals surface area contributed by atoms with E-state index in [1.54, 1.807) is 7.05 Å². The minimum absolute atomic E-state index is 0.106. The van der Waals surface area contributed by atoms with Gasteiger partial charge in [-0.25, -0.2) is 9.59 Å². The van der Waals surface area contributed by atoms with Gasteiger partial charge >= 0.3 is 17.6 Å². The highest BCUT2D eigenvalue weighted by atomic mass is 16.4. The highest BCUT2D eigenvalue weighted by Gasteiger charge is 2.24. The number of carbonyl (C=O) groups is 3. The zero-order valence-corrected chi connectivity index (χ0v) is 20.4. The second kappa shape index (κ2) is 10.4. The summed E-state index contributed by atoms with van der Waals surface area (Å²) in [4.78, 5) is 65.0. The lowest BCUT2D eigenvalue weighted by Gasteiger charge is -2.13. The summed E-state index contributed by atoms with van der Waals surface area (Å²) in [6, 6.07) is 13.5. The SMILES string of the molecule is Cn1c(Nc2ccc(C(=O)N[C@@H](CC(=O)O)C(=O)O)cc2)nc2c1c(=O)n(Cc1ccccc1)c(=O)n2C. The fraction of sp³-hybridized carbons (Fsp3) is 0.200. The molecule has 2 aromatic carbocycles. The molecular formula is C25H24N6O7. The maximum atomic E-state index is 13.3. The monoisotopic (exact) mass is 520 g/mol. The van der Waals surface area contributed by atoms with Crippen molar-refractivity contribution in [3.8, 4) is 0 Å². The number of imidazole rings is 1. The van der Waals surface area contributed by atoms with Crippen LogP contribution in [0.4, 0.5) is 11.6 Å². The van der Waals surface area contributed by atoms with E-state index in [2.05, 4.69) is 15.6 Å². The van der Waals surface area contributed by atoms with Gasteiger partial charge in [-0.1, -0.05) is 30.3 Å². The van der Waals surface area contributed by atoms with Crippen LogP contribution < -0.4 is 21.9 Å². The van der Waals surface area contributed by atoms with Gasteiger partial charge in [0.1, 0.15) is 6.04 Å². The highest BCUT2D eigenvalue weighted by molar-refractivity contribution is 5.97. The smallest absolute Gasteiger partial charge is 0.332 e. The molecule has 0 fully saturated rings. The predicted molar refractivity (Wildman–Crippen MR) is 137 cm³/mol. The van der Waals surface area contributed by atoms with Gasteiger partial charge in [0.15, 0.2) is 11.2 Å². The third kappa shape index (κ3) is 5.16. The van der Waals surface area contributed by atoms with Crippen LogP contribution in [-0.2, 0) is 30.2 Å². The Morgan fingerprint density at radius 2 is 1.61 bits per heavy atom. The van der Waals surface area contributed by atoms with Crippen molar-refractivity contribution in [2.45, 2.75) is 19.0 Å². The van der Waals surface area contributed by atoms with Crippen LogP contribution in [0.3, 0.4) is 0 Å². The van der Waals surface area contributed by atoms with Crippen LogP contribution >= 0.6 is 0 Å². The summed E-state index contributed by atoms with van der Waals surface area (Å²) >= 11 is 0. The van der Waals surface area contributed by atoms with Crippen molar-refractivity contribution in [3.63, 3.8) is 0 Å². The maximum absolute atomic E-state index is 13.3. The number of rotatable bonds is 9. The van der Waals surface area contributed by atoms with Crippen LogP contribution in [0.2, 0.25) is 0 Å².